The van der Waals surface area contributed by atoms with Gasteiger partial charge in [0, 0.05) is 16.8 Å². The SMILES string of the molecule is Nc1ccc(Nc2cc(Cl)ccc2Oc2ccccc2)c(C(=O)NC2CC2)c1. The molecule has 0 radical (unpaired) electrons. The number of amides is 1. The van der Waals surface area contributed by atoms with Gasteiger partial charge in [-0.2, -0.15) is 0 Å². The zero-order valence-electron chi connectivity index (χ0n) is 15.1. The lowest BCUT2D eigenvalue weighted by Gasteiger charge is -2.16. The first kappa shape index (κ1) is 18.2. The largest absolute Gasteiger partial charge is 0.455 e. The minimum Gasteiger partial charge on any atom is -0.455 e. The summed E-state index contributed by atoms with van der Waals surface area (Å²) in [6, 6.07) is 20.2. The highest BCUT2D eigenvalue weighted by Gasteiger charge is 2.25. The average Bonchev–Trinajstić information content (AvgIpc) is 3.50. The molecule has 0 aliphatic heterocycles. The van der Waals surface area contributed by atoms with Crippen molar-refractivity contribution in [1.29, 1.82) is 0 Å². The molecule has 0 atom stereocenters. The summed E-state index contributed by atoms with van der Waals surface area (Å²) in [6.07, 6.45) is 2.03. The van der Waals surface area contributed by atoms with Crippen LogP contribution in [0.5, 0.6) is 11.5 Å². The van der Waals surface area contributed by atoms with Crippen LogP contribution in [-0.2, 0) is 0 Å². The van der Waals surface area contributed by atoms with E-state index in [-0.39, 0.29) is 11.9 Å². The predicted molar refractivity (Wildman–Crippen MR) is 113 cm³/mol. The summed E-state index contributed by atoms with van der Waals surface area (Å²) in [5.41, 5.74) is 8.20. The summed E-state index contributed by atoms with van der Waals surface area (Å²) < 4.78 is 5.99. The maximum absolute atomic E-state index is 12.6. The molecule has 0 aromatic heterocycles. The van der Waals surface area contributed by atoms with E-state index in [0.29, 0.717) is 39.1 Å². The molecule has 3 aromatic rings. The van der Waals surface area contributed by atoms with Gasteiger partial charge in [-0.1, -0.05) is 29.8 Å². The molecular weight excluding hydrogens is 374 g/mol. The lowest BCUT2D eigenvalue weighted by Crippen LogP contribution is -2.26. The van der Waals surface area contributed by atoms with Gasteiger partial charge in [-0.05, 0) is 61.4 Å². The van der Waals surface area contributed by atoms with Crippen LogP contribution < -0.4 is 21.1 Å². The first-order valence-corrected chi connectivity index (χ1v) is 9.46. The van der Waals surface area contributed by atoms with E-state index in [4.69, 9.17) is 22.1 Å². The number of anilines is 3. The third-order valence-electron chi connectivity index (χ3n) is 4.38. The minimum atomic E-state index is -0.148. The first-order valence-electron chi connectivity index (χ1n) is 9.08. The quantitative estimate of drug-likeness (QED) is 0.493. The number of benzene rings is 3. The standard InChI is InChI=1S/C22H20ClN3O2/c23-14-6-11-21(28-17-4-2-1-3-5-17)20(12-14)26-19-10-7-15(24)13-18(19)22(27)25-16-8-9-16/h1-7,10-13,16,26H,8-9,24H2,(H,25,27). The maximum Gasteiger partial charge on any atom is 0.253 e. The van der Waals surface area contributed by atoms with E-state index in [0.717, 1.165) is 12.8 Å². The van der Waals surface area contributed by atoms with Gasteiger partial charge >= 0.3 is 0 Å². The van der Waals surface area contributed by atoms with E-state index >= 15 is 0 Å². The number of ether oxygens (including phenoxy) is 1. The highest BCUT2D eigenvalue weighted by atomic mass is 35.5. The molecule has 0 spiro atoms. The molecule has 0 heterocycles. The van der Waals surface area contributed by atoms with Crippen molar-refractivity contribution < 1.29 is 9.53 Å². The van der Waals surface area contributed by atoms with Crippen LogP contribution in [0.2, 0.25) is 5.02 Å². The molecular formula is C22H20ClN3O2. The molecule has 28 heavy (non-hydrogen) atoms. The van der Waals surface area contributed by atoms with Crippen molar-refractivity contribution in [3.05, 3.63) is 77.3 Å². The Morgan fingerprint density at radius 1 is 1.00 bits per heavy atom. The fourth-order valence-corrected chi connectivity index (χ4v) is 2.97. The molecule has 5 nitrogen and oxygen atoms in total. The molecule has 1 aliphatic carbocycles. The van der Waals surface area contributed by atoms with Crippen molar-refractivity contribution in [3.63, 3.8) is 0 Å². The summed E-state index contributed by atoms with van der Waals surface area (Å²) >= 11 is 6.20. The highest BCUT2D eigenvalue weighted by Crippen LogP contribution is 2.35. The van der Waals surface area contributed by atoms with Crippen LogP contribution in [0.3, 0.4) is 0 Å². The van der Waals surface area contributed by atoms with Crippen LogP contribution in [-0.4, -0.2) is 11.9 Å². The van der Waals surface area contributed by atoms with Crippen LogP contribution in [0.15, 0.2) is 66.7 Å². The lowest BCUT2D eigenvalue weighted by molar-refractivity contribution is 0.0952. The average molecular weight is 394 g/mol. The maximum atomic E-state index is 12.6. The van der Waals surface area contributed by atoms with E-state index in [1.165, 1.54) is 0 Å². The summed E-state index contributed by atoms with van der Waals surface area (Å²) in [4.78, 5) is 12.6. The van der Waals surface area contributed by atoms with Crippen LogP contribution >= 0.6 is 11.6 Å². The highest BCUT2D eigenvalue weighted by molar-refractivity contribution is 6.31. The fraction of sp³-hybridized carbons (Fsp3) is 0.136. The lowest BCUT2D eigenvalue weighted by atomic mass is 10.1. The third-order valence-corrected chi connectivity index (χ3v) is 4.62. The Bertz CT molecular complexity index is 1000. The molecule has 0 unspecified atom stereocenters. The van der Waals surface area contributed by atoms with Gasteiger partial charge in [-0.15, -0.1) is 0 Å². The number of hydrogen-bond acceptors (Lipinski definition) is 4. The van der Waals surface area contributed by atoms with Crippen molar-refractivity contribution in [2.24, 2.45) is 0 Å². The second-order valence-electron chi connectivity index (χ2n) is 6.73. The molecule has 1 saturated carbocycles. The Morgan fingerprint density at radius 2 is 1.79 bits per heavy atom. The Balaban J connectivity index is 1.65. The van der Waals surface area contributed by atoms with Crippen LogP contribution in [0, 0.1) is 0 Å². The van der Waals surface area contributed by atoms with E-state index in [9.17, 15) is 4.79 Å². The number of carbonyl (C=O) groups is 1. The Morgan fingerprint density at radius 3 is 2.54 bits per heavy atom. The smallest absolute Gasteiger partial charge is 0.253 e. The van der Waals surface area contributed by atoms with Crippen LogP contribution in [0.4, 0.5) is 17.1 Å². The van der Waals surface area contributed by atoms with Gasteiger partial charge in [-0.25, -0.2) is 0 Å². The minimum absolute atomic E-state index is 0.148. The van der Waals surface area contributed by atoms with Crippen molar-refractivity contribution in [2.45, 2.75) is 18.9 Å². The molecule has 142 valence electrons. The molecule has 4 rings (SSSR count). The molecule has 6 heteroatoms. The summed E-state index contributed by atoms with van der Waals surface area (Å²) in [6.45, 7) is 0. The second kappa shape index (κ2) is 7.82. The number of halogens is 1. The summed E-state index contributed by atoms with van der Waals surface area (Å²) in [7, 11) is 0. The molecule has 0 saturated heterocycles. The predicted octanol–water partition coefficient (Wildman–Crippen LogP) is 5.35. The van der Waals surface area contributed by atoms with Gasteiger partial charge in [0.1, 0.15) is 5.75 Å². The van der Waals surface area contributed by atoms with E-state index in [1.807, 2.05) is 30.3 Å². The van der Waals surface area contributed by atoms with Crippen molar-refractivity contribution in [3.8, 4) is 11.5 Å². The number of hydrogen-bond donors (Lipinski definition) is 3. The molecule has 3 aromatic carbocycles. The van der Waals surface area contributed by atoms with Gasteiger partial charge in [0.25, 0.3) is 5.91 Å². The molecule has 1 amide bonds. The van der Waals surface area contributed by atoms with Crippen molar-refractivity contribution in [1.82, 2.24) is 5.32 Å². The number of rotatable bonds is 6. The Labute approximate surface area is 168 Å². The van der Waals surface area contributed by atoms with E-state index in [1.54, 1.807) is 36.4 Å². The van der Waals surface area contributed by atoms with Gasteiger partial charge in [0.15, 0.2) is 5.75 Å². The summed E-state index contributed by atoms with van der Waals surface area (Å²) in [5, 5.41) is 6.83. The number of nitrogen functional groups attached to an aromatic ring is 1. The second-order valence-corrected chi connectivity index (χ2v) is 7.17. The van der Waals surface area contributed by atoms with Gasteiger partial charge in [-0.3, -0.25) is 4.79 Å². The van der Waals surface area contributed by atoms with E-state index in [2.05, 4.69) is 10.6 Å². The van der Waals surface area contributed by atoms with Crippen LogP contribution in [0.1, 0.15) is 23.2 Å². The number of nitrogens with two attached hydrogens (primary N) is 1. The number of carbonyl (C=O) groups excluding carboxylic acids is 1. The normalized spacial score (nSPS) is 13.0. The van der Waals surface area contributed by atoms with Crippen LogP contribution in [0.25, 0.3) is 0 Å². The molecule has 0 bridgehead atoms. The first-order chi connectivity index (χ1) is 13.6. The monoisotopic (exact) mass is 393 g/mol. The third kappa shape index (κ3) is 4.38. The molecule has 4 N–H and O–H groups in total. The zero-order chi connectivity index (χ0) is 19.5. The number of para-hydroxylation sites is 1. The van der Waals surface area contributed by atoms with E-state index < -0.39 is 0 Å². The van der Waals surface area contributed by atoms with Crippen molar-refractivity contribution in [2.75, 3.05) is 11.1 Å². The van der Waals surface area contributed by atoms with Gasteiger partial charge in [0.2, 0.25) is 0 Å². The summed E-state index contributed by atoms with van der Waals surface area (Å²) in [5.74, 6) is 1.16. The topological polar surface area (TPSA) is 76.4 Å². The Kier molecular flexibility index (Phi) is 5.08. The fourth-order valence-electron chi connectivity index (χ4n) is 2.80. The van der Waals surface area contributed by atoms with Crippen molar-refractivity contribution >= 4 is 34.6 Å². The Hall–Kier alpha value is -3.18. The molecule has 1 aliphatic rings. The van der Waals surface area contributed by atoms with Gasteiger partial charge in [0.05, 0.1) is 16.9 Å². The zero-order valence-corrected chi connectivity index (χ0v) is 15.9. The number of nitrogens with one attached hydrogen (secondary N) is 2. The molecule has 1 fully saturated rings. The van der Waals surface area contributed by atoms with Gasteiger partial charge < -0.3 is 21.1 Å².